The Kier molecular flexibility index (Phi) is 8.27. The van der Waals surface area contributed by atoms with Gasteiger partial charge in [0, 0.05) is 6.42 Å². The van der Waals surface area contributed by atoms with E-state index in [1.54, 1.807) is 0 Å². The summed E-state index contributed by atoms with van der Waals surface area (Å²) >= 11 is 0. The number of ether oxygens (including phenoxy) is 1. The number of hydrogen-bond acceptors (Lipinski definition) is 5. The smallest absolute Gasteiger partial charge is 0.305 e. The van der Waals surface area contributed by atoms with E-state index in [2.05, 4.69) is 0 Å². The van der Waals surface area contributed by atoms with Crippen molar-refractivity contribution in [3.8, 4) is 0 Å². The summed E-state index contributed by atoms with van der Waals surface area (Å²) in [6, 6.07) is 0. The third-order valence-electron chi connectivity index (χ3n) is 1.98. The zero-order valence-corrected chi connectivity index (χ0v) is 9.06. The van der Waals surface area contributed by atoms with Gasteiger partial charge in [0.05, 0.1) is 19.3 Å². The lowest BCUT2D eigenvalue weighted by atomic mass is 10.1. The fraction of sp³-hybridized carbons (Fsp3) is 0.900. The summed E-state index contributed by atoms with van der Waals surface area (Å²) in [5, 5.41) is 26.8. The molecule has 0 aliphatic heterocycles. The SMILES string of the molecule is CCCOC(=O)CCCC(O)C(O)CO. The molecular formula is C10H20O5. The summed E-state index contributed by atoms with van der Waals surface area (Å²) in [7, 11) is 0. The molecule has 0 amide bonds. The summed E-state index contributed by atoms with van der Waals surface area (Å²) in [5.74, 6) is -0.289. The molecule has 2 unspecified atom stereocenters. The molecule has 0 aromatic rings. The molecule has 0 saturated heterocycles. The van der Waals surface area contributed by atoms with Gasteiger partial charge in [0.15, 0.2) is 0 Å². The van der Waals surface area contributed by atoms with Crippen molar-refractivity contribution in [2.45, 2.75) is 44.8 Å². The van der Waals surface area contributed by atoms with Crippen molar-refractivity contribution in [2.75, 3.05) is 13.2 Å². The van der Waals surface area contributed by atoms with Crippen molar-refractivity contribution in [3.63, 3.8) is 0 Å². The summed E-state index contributed by atoms with van der Waals surface area (Å²) in [5.41, 5.74) is 0. The molecule has 0 aromatic heterocycles. The average molecular weight is 220 g/mol. The molecule has 0 saturated carbocycles. The molecule has 5 heteroatoms. The quantitative estimate of drug-likeness (QED) is 0.494. The van der Waals surface area contributed by atoms with Crippen molar-refractivity contribution in [1.82, 2.24) is 0 Å². The first-order valence-corrected chi connectivity index (χ1v) is 5.24. The van der Waals surface area contributed by atoms with Gasteiger partial charge in [-0.1, -0.05) is 6.92 Å². The normalized spacial score (nSPS) is 14.7. The molecule has 15 heavy (non-hydrogen) atoms. The van der Waals surface area contributed by atoms with Crippen LogP contribution in [0.3, 0.4) is 0 Å². The number of aliphatic hydroxyl groups excluding tert-OH is 3. The molecular weight excluding hydrogens is 200 g/mol. The highest BCUT2D eigenvalue weighted by Gasteiger charge is 2.15. The van der Waals surface area contributed by atoms with E-state index in [1.807, 2.05) is 6.92 Å². The van der Waals surface area contributed by atoms with Gasteiger partial charge in [0.1, 0.15) is 6.10 Å². The topological polar surface area (TPSA) is 87.0 Å². The number of aliphatic hydroxyl groups is 3. The van der Waals surface area contributed by atoms with Gasteiger partial charge in [-0.2, -0.15) is 0 Å². The van der Waals surface area contributed by atoms with Crippen LogP contribution in [0.25, 0.3) is 0 Å². The van der Waals surface area contributed by atoms with Crippen molar-refractivity contribution in [2.24, 2.45) is 0 Å². The van der Waals surface area contributed by atoms with Crippen molar-refractivity contribution >= 4 is 5.97 Å². The lowest BCUT2D eigenvalue weighted by molar-refractivity contribution is -0.143. The van der Waals surface area contributed by atoms with Gasteiger partial charge < -0.3 is 20.1 Å². The van der Waals surface area contributed by atoms with E-state index < -0.39 is 18.8 Å². The Hall–Kier alpha value is -0.650. The van der Waals surface area contributed by atoms with E-state index in [4.69, 9.17) is 14.9 Å². The van der Waals surface area contributed by atoms with Crippen LogP contribution in [0.1, 0.15) is 32.6 Å². The van der Waals surface area contributed by atoms with Gasteiger partial charge in [-0.15, -0.1) is 0 Å². The fourth-order valence-electron chi connectivity index (χ4n) is 1.06. The number of carbonyl (C=O) groups excluding carboxylic acids is 1. The third-order valence-corrected chi connectivity index (χ3v) is 1.98. The summed E-state index contributed by atoms with van der Waals surface area (Å²) in [4.78, 5) is 11.0. The maximum absolute atomic E-state index is 11.0. The van der Waals surface area contributed by atoms with Crippen LogP contribution in [0.4, 0.5) is 0 Å². The second-order valence-corrected chi connectivity index (χ2v) is 3.43. The van der Waals surface area contributed by atoms with Crippen LogP contribution in [0.5, 0.6) is 0 Å². The minimum absolute atomic E-state index is 0.231. The molecule has 0 heterocycles. The molecule has 0 spiro atoms. The van der Waals surface area contributed by atoms with Gasteiger partial charge in [0.2, 0.25) is 0 Å². The van der Waals surface area contributed by atoms with Gasteiger partial charge in [-0.05, 0) is 19.3 Å². The molecule has 0 fully saturated rings. The second-order valence-electron chi connectivity index (χ2n) is 3.43. The number of carbonyl (C=O) groups is 1. The Bertz CT molecular complexity index is 171. The molecule has 5 nitrogen and oxygen atoms in total. The largest absolute Gasteiger partial charge is 0.466 e. The fourth-order valence-corrected chi connectivity index (χ4v) is 1.06. The minimum Gasteiger partial charge on any atom is -0.466 e. The first kappa shape index (κ1) is 14.3. The predicted molar refractivity (Wildman–Crippen MR) is 54.2 cm³/mol. The van der Waals surface area contributed by atoms with Crippen LogP contribution in [0, 0.1) is 0 Å². The second kappa shape index (κ2) is 8.64. The van der Waals surface area contributed by atoms with E-state index in [9.17, 15) is 9.90 Å². The monoisotopic (exact) mass is 220 g/mol. The number of rotatable bonds is 8. The van der Waals surface area contributed by atoms with Crippen LogP contribution >= 0.6 is 0 Å². The molecule has 0 rings (SSSR count). The van der Waals surface area contributed by atoms with E-state index >= 15 is 0 Å². The van der Waals surface area contributed by atoms with E-state index in [0.717, 1.165) is 6.42 Å². The standard InChI is InChI=1S/C10H20O5/c1-2-6-15-10(14)5-3-4-8(12)9(13)7-11/h8-9,11-13H,2-7H2,1H3. The highest BCUT2D eigenvalue weighted by atomic mass is 16.5. The Morgan fingerprint density at radius 1 is 1.33 bits per heavy atom. The molecule has 0 bridgehead atoms. The van der Waals surface area contributed by atoms with Crippen LogP contribution in [0.15, 0.2) is 0 Å². The summed E-state index contributed by atoms with van der Waals surface area (Å²) in [6.07, 6.45) is -0.359. The maximum atomic E-state index is 11.0. The van der Waals surface area contributed by atoms with Gasteiger partial charge in [-0.3, -0.25) is 4.79 Å². The first-order chi connectivity index (χ1) is 7.11. The van der Waals surface area contributed by atoms with Gasteiger partial charge >= 0.3 is 5.97 Å². The highest BCUT2D eigenvalue weighted by molar-refractivity contribution is 5.69. The van der Waals surface area contributed by atoms with Crippen LogP contribution < -0.4 is 0 Å². The van der Waals surface area contributed by atoms with Gasteiger partial charge in [0.25, 0.3) is 0 Å². The zero-order chi connectivity index (χ0) is 11.7. The average Bonchev–Trinajstić information content (AvgIpc) is 2.24. The van der Waals surface area contributed by atoms with E-state index in [-0.39, 0.29) is 18.8 Å². The molecule has 0 radical (unpaired) electrons. The summed E-state index contributed by atoms with van der Waals surface area (Å²) in [6.45, 7) is 1.86. The van der Waals surface area contributed by atoms with Crippen LogP contribution in [0.2, 0.25) is 0 Å². The Morgan fingerprint density at radius 3 is 2.53 bits per heavy atom. The Balaban J connectivity index is 3.48. The Labute approximate surface area is 89.7 Å². The first-order valence-electron chi connectivity index (χ1n) is 5.24. The molecule has 0 aliphatic rings. The highest BCUT2D eigenvalue weighted by Crippen LogP contribution is 2.05. The lowest BCUT2D eigenvalue weighted by Crippen LogP contribution is -2.29. The van der Waals surface area contributed by atoms with Crippen molar-refractivity contribution < 1.29 is 24.9 Å². The maximum Gasteiger partial charge on any atom is 0.305 e. The van der Waals surface area contributed by atoms with Crippen molar-refractivity contribution in [3.05, 3.63) is 0 Å². The molecule has 2 atom stereocenters. The number of hydrogen-bond donors (Lipinski definition) is 3. The third kappa shape index (κ3) is 7.30. The Morgan fingerprint density at radius 2 is 2.00 bits per heavy atom. The molecule has 3 N–H and O–H groups in total. The van der Waals surface area contributed by atoms with E-state index in [0.29, 0.717) is 13.0 Å². The van der Waals surface area contributed by atoms with Crippen LogP contribution in [-0.4, -0.2) is 46.7 Å². The lowest BCUT2D eigenvalue weighted by Gasteiger charge is -2.14. The van der Waals surface area contributed by atoms with E-state index in [1.165, 1.54) is 0 Å². The predicted octanol–water partition coefficient (Wildman–Crippen LogP) is -0.176. The molecule has 0 aliphatic carbocycles. The van der Waals surface area contributed by atoms with Crippen LogP contribution in [-0.2, 0) is 9.53 Å². The number of esters is 1. The zero-order valence-electron chi connectivity index (χ0n) is 9.06. The molecule has 90 valence electrons. The minimum atomic E-state index is -1.13. The molecule has 0 aromatic carbocycles. The van der Waals surface area contributed by atoms with Crippen molar-refractivity contribution in [1.29, 1.82) is 0 Å². The van der Waals surface area contributed by atoms with Gasteiger partial charge in [-0.25, -0.2) is 0 Å². The summed E-state index contributed by atoms with van der Waals surface area (Å²) < 4.78 is 4.83.